The smallest absolute Gasteiger partial charge is 0.335 e. The average molecular weight is 346 g/mol. The van der Waals surface area contributed by atoms with Crippen molar-refractivity contribution < 1.29 is 19.1 Å². The van der Waals surface area contributed by atoms with Crippen LogP contribution in [-0.2, 0) is 9.59 Å². The van der Waals surface area contributed by atoms with Crippen LogP contribution in [0, 0.1) is 12.3 Å². The Hall–Kier alpha value is -3.85. The van der Waals surface area contributed by atoms with Crippen LogP contribution >= 0.6 is 0 Å². The molecule has 128 valence electrons. The lowest BCUT2D eigenvalue weighted by Crippen LogP contribution is -2.54. The third-order valence-electron chi connectivity index (χ3n) is 3.61. The van der Waals surface area contributed by atoms with Crippen molar-refractivity contribution in [2.75, 3.05) is 11.5 Å². The molecule has 0 aromatic heterocycles. The molecule has 1 saturated heterocycles. The second kappa shape index (κ2) is 7.36. The minimum absolute atomic E-state index is 0.107. The first-order valence-corrected chi connectivity index (χ1v) is 7.73. The minimum Gasteiger partial charge on any atom is -0.481 e. The lowest BCUT2D eigenvalue weighted by molar-refractivity contribution is -0.122. The third kappa shape index (κ3) is 3.47. The minimum atomic E-state index is -0.783. The average Bonchev–Trinajstić information content (AvgIpc) is 2.64. The summed E-state index contributed by atoms with van der Waals surface area (Å²) in [7, 11) is 0. The number of amides is 4. The first kappa shape index (κ1) is 17.0. The number of imide groups is 2. The number of anilines is 1. The van der Waals surface area contributed by atoms with Gasteiger partial charge in [-0.25, -0.2) is 9.69 Å². The second-order valence-electron chi connectivity index (χ2n) is 5.36. The van der Waals surface area contributed by atoms with Gasteiger partial charge in [0.05, 0.1) is 5.69 Å². The van der Waals surface area contributed by atoms with Crippen LogP contribution in [0.3, 0.4) is 0 Å². The topological polar surface area (TPSA) is 75.7 Å². The SMILES string of the molecule is C#CCOc1cccc(/C=C2/C(=O)NC(=O)N(c3ccccc3)C2=O)c1. The lowest BCUT2D eigenvalue weighted by Gasteiger charge is -2.26. The van der Waals surface area contributed by atoms with E-state index in [4.69, 9.17) is 11.2 Å². The van der Waals surface area contributed by atoms with Crippen molar-refractivity contribution in [3.05, 3.63) is 65.7 Å². The number of hydrogen-bond donors (Lipinski definition) is 1. The van der Waals surface area contributed by atoms with Crippen LogP contribution in [0.1, 0.15) is 5.56 Å². The highest BCUT2D eigenvalue weighted by molar-refractivity contribution is 6.39. The van der Waals surface area contributed by atoms with Crippen LogP contribution in [0.2, 0.25) is 0 Å². The Morgan fingerprint density at radius 2 is 1.85 bits per heavy atom. The van der Waals surface area contributed by atoms with E-state index in [0.29, 0.717) is 17.0 Å². The normalized spacial score (nSPS) is 15.6. The highest BCUT2D eigenvalue weighted by Gasteiger charge is 2.36. The summed E-state index contributed by atoms with van der Waals surface area (Å²) >= 11 is 0. The van der Waals surface area contributed by atoms with Gasteiger partial charge < -0.3 is 4.74 Å². The van der Waals surface area contributed by atoms with Crippen LogP contribution in [0.15, 0.2) is 60.2 Å². The third-order valence-corrected chi connectivity index (χ3v) is 3.61. The summed E-state index contributed by atoms with van der Waals surface area (Å²) < 4.78 is 5.33. The number of nitrogens with one attached hydrogen (secondary N) is 1. The van der Waals surface area contributed by atoms with Crippen molar-refractivity contribution in [2.45, 2.75) is 0 Å². The molecule has 0 unspecified atom stereocenters. The van der Waals surface area contributed by atoms with E-state index in [1.165, 1.54) is 6.08 Å². The maximum Gasteiger partial charge on any atom is 0.335 e. The molecule has 6 nitrogen and oxygen atoms in total. The van der Waals surface area contributed by atoms with Crippen molar-refractivity contribution in [1.29, 1.82) is 0 Å². The number of benzene rings is 2. The summed E-state index contributed by atoms with van der Waals surface area (Å²) in [5, 5.41) is 2.18. The molecule has 3 rings (SSSR count). The summed E-state index contributed by atoms with van der Waals surface area (Å²) in [6, 6.07) is 14.4. The number of carbonyl (C=O) groups excluding carboxylic acids is 3. The Morgan fingerprint density at radius 3 is 2.58 bits per heavy atom. The maximum absolute atomic E-state index is 12.7. The number of ether oxygens (including phenoxy) is 1. The number of rotatable bonds is 4. The van der Waals surface area contributed by atoms with Crippen LogP contribution in [0.4, 0.5) is 10.5 Å². The van der Waals surface area contributed by atoms with Gasteiger partial charge in [0.25, 0.3) is 11.8 Å². The Balaban J connectivity index is 1.95. The van der Waals surface area contributed by atoms with Gasteiger partial charge in [0.15, 0.2) is 0 Å². The Labute approximate surface area is 150 Å². The summed E-state index contributed by atoms with van der Waals surface area (Å²) in [4.78, 5) is 37.9. The molecule has 0 bridgehead atoms. The highest BCUT2D eigenvalue weighted by Crippen LogP contribution is 2.22. The standard InChI is InChI=1S/C20H14N2O4/c1-2-11-26-16-10-6-7-14(12-16)13-17-18(23)21-20(25)22(19(17)24)15-8-4-3-5-9-15/h1,3-10,12-13H,11H2,(H,21,23,25)/b17-13-. The monoisotopic (exact) mass is 346 g/mol. The van der Waals surface area contributed by atoms with Gasteiger partial charge in [0.1, 0.15) is 17.9 Å². The van der Waals surface area contributed by atoms with Crippen LogP contribution in [-0.4, -0.2) is 24.5 Å². The van der Waals surface area contributed by atoms with Gasteiger partial charge in [-0.3, -0.25) is 14.9 Å². The molecule has 0 spiro atoms. The van der Waals surface area contributed by atoms with Gasteiger partial charge in [-0.05, 0) is 35.9 Å². The molecular weight excluding hydrogens is 332 g/mol. The zero-order valence-corrected chi connectivity index (χ0v) is 13.6. The fraction of sp³-hybridized carbons (Fsp3) is 0.0500. The van der Waals surface area contributed by atoms with Gasteiger partial charge in [-0.15, -0.1) is 6.42 Å². The van der Waals surface area contributed by atoms with E-state index >= 15 is 0 Å². The number of barbiturate groups is 1. The highest BCUT2D eigenvalue weighted by atomic mass is 16.5. The second-order valence-corrected chi connectivity index (χ2v) is 5.36. The predicted octanol–water partition coefficient (Wildman–Crippen LogP) is 2.37. The molecule has 6 heteroatoms. The van der Waals surface area contributed by atoms with E-state index in [2.05, 4.69) is 11.2 Å². The van der Waals surface area contributed by atoms with Crippen molar-refractivity contribution in [2.24, 2.45) is 0 Å². The molecule has 2 aromatic rings. The molecule has 1 fully saturated rings. The van der Waals surface area contributed by atoms with Crippen LogP contribution in [0.5, 0.6) is 5.75 Å². The van der Waals surface area contributed by atoms with Gasteiger partial charge >= 0.3 is 6.03 Å². The number of para-hydroxylation sites is 1. The largest absolute Gasteiger partial charge is 0.481 e. The molecule has 1 aliphatic heterocycles. The lowest BCUT2D eigenvalue weighted by atomic mass is 10.1. The maximum atomic E-state index is 12.7. The Kier molecular flexibility index (Phi) is 4.81. The van der Waals surface area contributed by atoms with E-state index in [1.54, 1.807) is 54.6 Å². The van der Waals surface area contributed by atoms with Crippen molar-refractivity contribution in [3.63, 3.8) is 0 Å². The zero-order chi connectivity index (χ0) is 18.5. The van der Waals surface area contributed by atoms with Gasteiger partial charge in [-0.2, -0.15) is 0 Å². The Morgan fingerprint density at radius 1 is 1.08 bits per heavy atom. The van der Waals surface area contributed by atoms with Crippen LogP contribution in [0.25, 0.3) is 6.08 Å². The molecule has 0 aliphatic carbocycles. The van der Waals surface area contributed by atoms with Crippen molar-refractivity contribution >= 4 is 29.6 Å². The quantitative estimate of drug-likeness (QED) is 0.524. The molecular formula is C20H14N2O4. The van der Waals surface area contributed by atoms with Gasteiger partial charge in [-0.1, -0.05) is 36.3 Å². The van der Waals surface area contributed by atoms with E-state index in [1.807, 2.05) is 0 Å². The number of hydrogen-bond acceptors (Lipinski definition) is 4. The fourth-order valence-corrected chi connectivity index (χ4v) is 2.45. The molecule has 1 heterocycles. The summed E-state index contributed by atoms with van der Waals surface area (Å²) in [5.41, 5.74) is 0.794. The molecule has 26 heavy (non-hydrogen) atoms. The molecule has 0 radical (unpaired) electrons. The summed E-state index contributed by atoms with van der Waals surface area (Å²) in [5.74, 6) is 1.43. The number of terminal acetylenes is 1. The van der Waals surface area contributed by atoms with E-state index in [-0.39, 0.29) is 12.2 Å². The predicted molar refractivity (Wildman–Crippen MR) is 96.2 cm³/mol. The first-order chi connectivity index (χ1) is 12.6. The Bertz CT molecular complexity index is 942. The van der Waals surface area contributed by atoms with Crippen LogP contribution < -0.4 is 15.0 Å². The van der Waals surface area contributed by atoms with Gasteiger partial charge in [0, 0.05) is 0 Å². The molecule has 0 atom stereocenters. The molecule has 1 aliphatic rings. The number of nitrogens with zero attached hydrogens (tertiary/aromatic N) is 1. The molecule has 4 amide bonds. The van der Waals surface area contributed by atoms with Crippen molar-refractivity contribution in [1.82, 2.24) is 5.32 Å². The fourth-order valence-electron chi connectivity index (χ4n) is 2.45. The van der Waals surface area contributed by atoms with E-state index < -0.39 is 17.8 Å². The summed E-state index contributed by atoms with van der Waals surface area (Å²) in [6.45, 7) is 0.107. The summed E-state index contributed by atoms with van der Waals surface area (Å²) in [6.07, 6.45) is 6.57. The number of urea groups is 1. The number of carbonyl (C=O) groups is 3. The molecule has 1 N–H and O–H groups in total. The molecule has 2 aromatic carbocycles. The van der Waals surface area contributed by atoms with Gasteiger partial charge in [0.2, 0.25) is 0 Å². The first-order valence-electron chi connectivity index (χ1n) is 7.73. The molecule has 0 saturated carbocycles. The van der Waals surface area contributed by atoms with E-state index in [0.717, 1.165) is 4.90 Å². The van der Waals surface area contributed by atoms with Crippen molar-refractivity contribution in [3.8, 4) is 18.1 Å². The zero-order valence-electron chi connectivity index (χ0n) is 13.6. The van der Waals surface area contributed by atoms with E-state index in [9.17, 15) is 14.4 Å².